The van der Waals surface area contributed by atoms with Gasteiger partial charge in [0.2, 0.25) is 0 Å². The fourth-order valence-electron chi connectivity index (χ4n) is 3.85. The maximum Gasteiger partial charge on any atom is 0.264 e. The third-order valence-corrected chi connectivity index (χ3v) is 5.43. The number of halogens is 1. The summed E-state index contributed by atoms with van der Waals surface area (Å²) in [6.45, 7) is 3.86. The molecule has 152 valence electrons. The molecule has 2 aromatic carbocycles. The first-order valence-electron chi connectivity index (χ1n) is 10.0. The van der Waals surface area contributed by atoms with Crippen molar-refractivity contribution in [3.63, 3.8) is 0 Å². The molecule has 1 amide bonds. The minimum Gasteiger partial charge on any atom is -0.460 e. The summed E-state index contributed by atoms with van der Waals surface area (Å²) >= 11 is 0. The van der Waals surface area contributed by atoms with Gasteiger partial charge in [-0.3, -0.25) is 4.79 Å². The molecule has 0 N–H and O–H groups in total. The third-order valence-electron chi connectivity index (χ3n) is 5.43. The molecule has 1 saturated heterocycles. The molecule has 0 saturated carbocycles. The fraction of sp³-hybridized carbons (Fsp3) is 0.250. The van der Waals surface area contributed by atoms with E-state index < -0.39 is 0 Å². The smallest absolute Gasteiger partial charge is 0.264 e. The van der Waals surface area contributed by atoms with Crippen LogP contribution in [0, 0.1) is 17.1 Å². The number of hydrogen-bond donors (Lipinski definition) is 0. The number of para-hydroxylation sites is 2. The van der Waals surface area contributed by atoms with Gasteiger partial charge in [-0.05, 0) is 24.3 Å². The van der Waals surface area contributed by atoms with Gasteiger partial charge in [-0.25, -0.2) is 4.39 Å². The van der Waals surface area contributed by atoms with E-state index in [1.54, 1.807) is 29.2 Å². The van der Waals surface area contributed by atoms with Crippen LogP contribution < -0.4 is 4.90 Å². The Morgan fingerprint density at radius 3 is 2.53 bits per heavy atom. The van der Waals surface area contributed by atoms with Crippen molar-refractivity contribution in [1.82, 2.24) is 4.90 Å². The summed E-state index contributed by atoms with van der Waals surface area (Å²) in [6.07, 6.45) is 2.30. The van der Waals surface area contributed by atoms with Gasteiger partial charge in [0.05, 0.1) is 5.69 Å². The highest BCUT2D eigenvalue weighted by Gasteiger charge is 2.25. The molecule has 0 bridgehead atoms. The van der Waals surface area contributed by atoms with Crippen LogP contribution in [0.2, 0.25) is 0 Å². The molecule has 1 aromatic heterocycles. The molecule has 5 nitrogen and oxygen atoms in total. The lowest BCUT2D eigenvalue weighted by molar-refractivity contribution is -0.126. The van der Waals surface area contributed by atoms with Crippen molar-refractivity contribution in [3.8, 4) is 6.07 Å². The fourth-order valence-corrected chi connectivity index (χ4v) is 3.85. The van der Waals surface area contributed by atoms with Crippen LogP contribution >= 0.6 is 0 Å². The molecule has 0 unspecified atom stereocenters. The number of nitriles is 1. The monoisotopic (exact) mass is 403 g/mol. The highest BCUT2D eigenvalue weighted by Crippen LogP contribution is 2.29. The van der Waals surface area contributed by atoms with E-state index in [2.05, 4.69) is 6.07 Å². The molecule has 1 fully saturated rings. The standard InChI is InChI=1S/C24H22FN3O2/c1-2-22-19(18-7-3-6-10-23(18)30-22)15-17(16-26)24(29)28-13-11-27(12-14-28)21-9-5-4-8-20(21)25/h3-10,15H,2,11-14H2,1H3/b17-15+. The number of benzene rings is 2. The largest absolute Gasteiger partial charge is 0.460 e. The van der Waals surface area contributed by atoms with Crippen LogP contribution in [0.3, 0.4) is 0 Å². The second-order valence-electron chi connectivity index (χ2n) is 7.19. The van der Waals surface area contributed by atoms with Crippen molar-refractivity contribution in [2.45, 2.75) is 13.3 Å². The molecule has 1 aliphatic rings. The molecule has 0 atom stereocenters. The zero-order chi connectivity index (χ0) is 21.1. The van der Waals surface area contributed by atoms with E-state index in [-0.39, 0.29) is 17.3 Å². The second kappa shape index (κ2) is 8.42. The summed E-state index contributed by atoms with van der Waals surface area (Å²) in [6, 6.07) is 16.3. The molecule has 30 heavy (non-hydrogen) atoms. The molecule has 2 heterocycles. The summed E-state index contributed by atoms with van der Waals surface area (Å²) in [7, 11) is 0. The van der Waals surface area contributed by atoms with Crippen LogP contribution in [0.4, 0.5) is 10.1 Å². The predicted octanol–water partition coefficient (Wildman–Crippen LogP) is 4.39. The van der Waals surface area contributed by atoms with Crippen molar-refractivity contribution in [3.05, 3.63) is 71.2 Å². The number of hydrogen-bond acceptors (Lipinski definition) is 4. The Hall–Kier alpha value is -3.59. The summed E-state index contributed by atoms with van der Waals surface area (Å²) < 4.78 is 19.9. The van der Waals surface area contributed by atoms with Gasteiger partial charge in [0, 0.05) is 43.5 Å². The lowest BCUT2D eigenvalue weighted by Gasteiger charge is -2.36. The number of piperazine rings is 1. The van der Waals surface area contributed by atoms with Crippen LogP contribution in [-0.4, -0.2) is 37.0 Å². The van der Waals surface area contributed by atoms with E-state index in [9.17, 15) is 14.4 Å². The highest BCUT2D eigenvalue weighted by molar-refractivity contribution is 6.04. The first-order valence-corrected chi connectivity index (χ1v) is 10.0. The van der Waals surface area contributed by atoms with E-state index >= 15 is 0 Å². The van der Waals surface area contributed by atoms with Gasteiger partial charge in [-0.1, -0.05) is 37.3 Å². The van der Waals surface area contributed by atoms with Crippen LogP contribution in [0.15, 0.2) is 58.5 Å². The number of carbonyl (C=O) groups is 1. The van der Waals surface area contributed by atoms with Gasteiger partial charge in [-0.2, -0.15) is 5.26 Å². The minimum atomic E-state index is -0.307. The van der Waals surface area contributed by atoms with E-state index in [4.69, 9.17) is 4.42 Å². The van der Waals surface area contributed by atoms with Gasteiger partial charge < -0.3 is 14.2 Å². The number of rotatable bonds is 4. The van der Waals surface area contributed by atoms with Crippen molar-refractivity contribution >= 4 is 28.6 Å². The van der Waals surface area contributed by atoms with Crippen molar-refractivity contribution in [2.75, 3.05) is 31.1 Å². The summed E-state index contributed by atoms with van der Waals surface area (Å²) in [5.41, 5.74) is 2.14. The number of aryl methyl sites for hydroxylation is 1. The average Bonchev–Trinajstić information content (AvgIpc) is 3.15. The van der Waals surface area contributed by atoms with Crippen LogP contribution in [0.1, 0.15) is 18.2 Å². The number of fused-ring (bicyclic) bond motifs is 1. The van der Waals surface area contributed by atoms with Gasteiger partial charge in [0.15, 0.2) is 0 Å². The Kier molecular flexibility index (Phi) is 5.53. The van der Waals surface area contributed by atoms with Crippen LogP contribution in [0.5, 0.6) is 0 Å². The van der Waals surface area contributed by atoms with Crippen molar-refractivity contribution in [1.29, 1.82) is 5.26 Å². The summed E-state index contributed by atoms with van der Waals surface area (Å²) in [4.78, 5) is 16.6. The Morgan fingerprint density at radius 2 is 1.83 bits per heavy atom. The topological polar surface area (TPSA) is 60.5 Å². The Labute approximate surface area is 174 Å². The lowest BCUT2D eigenvalue weighted by atomic mass is 10.1. The maximum absolute atomic E-state index is 14.0. The molecule has 6 heteroatoms. The number of anilines is 1. The SMILES string of the molecule is CCc1oc2ccccc2c1/C=C(\C#N)C(=O)N1CCN(c2ccccc2F)CC1. The first kappa shape index (κ1) is 19.7. The maximum atomic E-state index is 14.0. The first-order chi connectivity index (χ1) is 14.6. The Bertz CT molecular complexity index is 1150. The third kappa shape index (κ3) is 3.67. The molecule has 0 spiro atoms. The normalized spacial score (nSPS) is 14.8. The Balaban J connectivity index is 1.55. The van der Waals surface area contributed by atoms with E-state index in [1.165, 1.54) is 6.07 Å². The molecular formula is C24H22FN3O2. The number of carbonyl (C=O) groups excluding carboxylic acids is 1. The summed E-state index contributed by atoms with van der Waals surface area (Å²) in [5, 5.41) is 10.6. The van der Waals surface area contributed by atoms with Crippen molar-refractivity contribution in [2.24, 2.45) is 0 Å². The van der Waals surface area contributed by atoms with Gasteiger partial charge in [0.1, 0.15) is 28.8 Å². The van der Waals surface area contributed by atoms with Gasteiger partial charge in [-0.15, -0.1) is 0 Å². The zero-order valence-electron chi connectivity index (χ0n) is 16.8. The highest BCUT2D eigenvalue weighted by atomic mass is 19.1. The summed E-state index contributed by atoms with van der Waals surface area (Å²) in [5.74, 6) is 0.174. The number of nitrogens with zero attached hydrogens (tertiary/aromatic N) is 3. The van der Waals surface area contributed by atoms with E-state index in [1.807, 2.05) is 36.1 Å². The predicted molar refractivity (Wildman–Crippen MR) is 114 cm³/mol. The minimum absolute atomic E-state index is 0.0793. The molecule has 4 rings (SSSR count). The van der Waals surface area contributed by atoms with Crippen LogP contribution in [-0.2, 0) is 11.2 Å². The number of furan rings is 1. The van der Waals surface area contributed by atoms with E-state index in [0.29, 0.717) is 38.3 Å². The Morgan fingerprint density at radius 1 is 1.13 bits per heavy atom. The quantitative estimate of drug-likeness (QED) is 0.479. The van der Waals surface area contributed by atoms with E-state index in [0.717, 1.165) is 22.3 Å². The molecule has 3 aromatic rings. The second-order valence-corrected chi connectivity index (χ2v) is 7.19. The molecule has 0 aliphatic carbocycles. The molecule has 1 aliphatic heterocycles. The number of amides is 1. The zero-order valence-corrected chi connectivity index (χ0v) is 16.8. The average molecular weight is 403 g/mol. The molecular weight excluding hydrogens is 381 g/mol. The van der Waals surface area contributed by atoms with Gasteiger partial charge >= 0.3 is 0 Å². The van der Waals surface area contributed by atoms with Crippen molar-refractivity contribution < 1.29 is 13.6 Å². The van der Waals surface area contributed by atoms with Gasteiger partial charge in [0.25, 0.3) is 5.91 Å². The van der Waals surface area contributed by atoms with Crippen LogP contribution in [0.25, 0.3) is 17.0 Å². The molecule has 0 radical (unpaired) electrons. The lowest BCUT2D eigenvalue weighted by Crippen LogP contribution is -2.49.